The zero-order valence-electron chi connectivity index (χ0n) is 14.0. The van der Waals surface area contributed by atoms with E-state index < -0.39 is 18.3 Å². The molecule has 1 saturated heterocycles. The summed E-state index contributed by atoms with van der Waals surface area (Å²) in [7, 11) is 0.895. The van der Waals surface area contributed by atoms with Crippen molar-refractivity contribution in [1.82, 2.24) is 0 Å². The van der Waals surface area contributed by atoms with E-state index >= 15 is 0 Å². The van der Waals surface area contributed by atoms with Gasteiger partial charge in [0.15, 0.2) is 0 Å². The molecule has 0 unspecified atom stereocenters. The predicted molar refractivity (Wildman–Crippen MR) is 82.7 cm³/mol. The number of rotatable bonds is 4. The van der Waals surface area contributed by atoms with Crippen molar-refractivity contribution in [2.75, 3.05) is 13.7 Å². The Hall–Kier alpha value is -0.385. The first kappa shape index (κ1) is 17.0. The van der Waals surface area contributed by atoms with E-state index in [4.69, 9.17) is 14.0 Å². The summed E-state index contributed by atoms with van der Waals surface area (Å²) < 4.78 is 31.4. The summed E-state index contributed by atoms with van der Waals surface area (Å²) in [5.41, 5.74) is -0.280. The molecule has 1 aliphatic heterocycles. The zero-order valence-corrected chi connectivity index (χ0v) is 14.0. The van der Waals surface area contributed by atoms with Crippen LogP contribution in [0, 0.1) is 5.92 Å². The van der Waals surface area contributed by atoms with E-state index in [1.54, 1.807) is 7.11 Å². The Morgan fingerprint density at radius 3 is 2.19 bits per heavy atom. The lowest BCUT2D eigenvalue weighted by Crippen LogP contribution is -2.41. The molecule has 120 valence electrons. The third-order valence-corrected chi connectivity index (χ3v) is 5.24. The molecule has 1 saturated carbocycles. The van der Waals surface area contributed by atoms with Crippen molar-refractivity contribution in [1.29, 1.82) is 0 Å². The molecule has 0 aromatic rings. The van der Waals surface area contributed by atoms with Crippen LogP contribution in [0.1, 0.15) is 59.8 Å². The molecule has 0 atom stereocenters. The lowest BCUT2D eigenvalue weighted by Gasteiger charge is -2.32. The van der Waals surface area contributed by atoms with E-state index in [1.807, 2.05) is 27.7 Å². The van der Waals surface area contributed by atoms with Gasteiger partial charge in [0.1, 0.15) is 5.73 Å². The van der Waals surface area contributed by atoms with E-state index in [0.29, 0.717) is 5.92 Å². The monoisotopic (exact) mass is 298 g/mol. The van der Waals surface area contributed by atoms with E-state index in [0.717, 1.165) is 44.3 Å². The second-order valence-corrected chi connectivity index (χ2v) is 7.26. The van der Waals surface area contributed by atoms with Crippen molar-refractivity contribution in [2.45, 2.75) is 71.0 Å². The highest BCUT2D eigenvalue weighted by atomic mass is 19.1. The summed E-state index contributed by atoms with van der Waals surface area (Å²) >= 11 is 0. The second-order valence-electron chi connectivity index (χ2n) is 7.26. The molecule has 0 bridgehead atoms. The lowest BCUT2D eigenvalue weighted by molar-refractivity contribution is 0.00578. The topological polar surface area (TPSA) is 27.7 Å². The molecule has 0 amide bonds. The molecule has 0 N–H and O–H groups in total. The van der Waals surface area contributed by atoms with Gasteiger partial charge in [-0.3, -0.25) is 0 Å². The molecule has 21 heavy (non-hydrogen) atoms. The van der Waals surface area contributed by atoms with Crippen molar-refractivity contribution in [3.63, 3.8) is 0 Å². The molecule has 5 heteroatoms. The lowest BCUT2D eigenvalue weighted by atomic mass is 9.77. The normalized spacial score (nSPS) is 28.0. The summed E-state index contributed by atoms with van der Waals surface area (Å²) in [5.74, 6) is 0.653. The first-order valence-electron chi connectivity index (χ1n) is 7.99. The van der Waals surface area contributed by atoms with E-state index in [1.165, 1.54) is 0 Å². The number of allylic oxidation sites excluding steroid dienone is 1. The largest absolute Gasteiger partial charge is 0.525 e. The SMILES string of the molecule is COCCC1CCC(=C(F)B2OC(C)(C)C(C)(C)O2)CC1. The Labute approximate surface area is 128 Å². The van der Waals surface area contributed by atoms with Crippen LogP contribution in [0.25, 0.3) is 0 Å². The molecule has 0 aromatic heterocycles. The standard InChI is InChI=1S/C16H28BFO3/c1-15(2)16(3,4)21-17(20-15)14(18)13-8-6-12(7-9-13)10-11-19-5/h12H,6-11H2,1-5H3. The van der Waals surface area contributed by atoms with Crippen LogP contribution in [-0.4, -0.2) is 32.0 Å². The highest BCUT2D eigenvalue weighted by Gasteiger charge is 2.53. The van der Waals surface area contributed by atoms with Crippen molar-refractivity contribution < 1.29 is 18.4 Å². The summed E-state index contributed by atoms with van der Waals surface area (Å²) in [5, 5.41) is 0. The first-order valence-corrected chi connectivity index (χ1v) is 7.99. The average Bonchev–Trinajstić information content (AvgIpc) is 2.65. The third-order valence-electron chi connectivity index (χ3n) is 5.24. The Morgan fingerprint density at radius 2 is 1.71 bits per heavy atom. The average molecular weight is 298 g/mol. The zero-order chi connectivity index (χ0) is 15.7. The Morgan fingerprint density at radius 1 is 1.19 bits per heavy atom. The maximum Gasteiger partial charge on any atom is 0.525 e. The minimum absolute atomic E-state index is 0.196. The van der Waals surface area contributed by atoms with Crippen molar-refractivity contribution in [3.8, 4) is 0 Å². The van der Waals surface area contributed by atoms with Gasteiger partial charge in [0.2, 0.25) is 0 Å². The maximum absolute atomic E-state index is 14.7. The van der Waals surface area contributed by atoms with Crippen LogP contribution in [-0.2, 0) is 14.0 Å². The van der Waals surface area contributed by atoms with E-state index in [9.17, 15) is 4.39 Å². The van der Waals surface area contributed by atoms with Crippen LogP contribution < -0.4 is 0 Å². The number of hydrogen-bond acceptors (Lipinski definition) is 3. The molecular formula is C16H28BFO3. The van der Waals surface area contributed by atoms with Crippen LogP contribution in [0.4, 0.5) is 4.39 Å². The molecule has 0 aromatic carbocycles. The fraction of sp³-hybridized carbons (Fsp3) is 0.875. The smallest absolute Gasteiger partial charge is 0.398 e. The number of hydrogen-bond donors (Lipinski definition) is 0. The quantitative estimate of drug-likeness (QED) is 0.732. The Bertz CT molecular complexity index is 380. The highest BCUT2D eigenvalue weighted by Crippen LogP contribution is 2.41. The van der Waals surface area contributed by atoms with Crippen LogP contribution in [0.15, 0.2) is 11.3 Å². The van der Waals surface area contributed by atoms with Gasteiger partial charge < -0.3 is 14.0 Å². The molecule has 0 spiro atoms. The van der Waals surface area contributed by atoms with Gasteiger partial charge in [-0.2, -0.15) is 0 Å². The van der Waals surface area contributed by atoms with Gasteiger partial charge in [0, 0.05) is 13.7 Å². The van der Waals surface area contributed by atoms with Gasteiger partial charge in [-0.1, -0.05) is 0 Å². The number of methoxy groups -OCH3 is 1. The van der Waals surface area contributed by atoms with E-state index in [-0.39, 0.29) is 5.73 Å². The molecular weight excluding hydrogens is 270 g/mol. The van der Waals surface area contributed by atoms with Crippen LogP contribution in [0.2, 0.25) is 0 Å². The van der Waals surface area contributed by atoms with Crippen molar-refractivity contribution in [3.05, 3.63) is 11.3 Å². The number of halogens is 1. The van der Waals surface area contributed by atoms with Crippen molar-refractivity contribution >= 4 is 7.12 Å². The summed E-state index contributed by atoms with van der Waals surface area (Å²) in [4.78, 5) is 0. The van der Waals surface area contributed by atoms with Gasteiger partial charge in [0.25, 0.3) is 0 Å². The third kappa shape index (κ3) is 3.69. The Kier molecular flexibility index (Phi) is 5.17. The first-order chi connectivity index (χ1) is 9.77. The van der Waals surface area contributed by atoms with Crippen LogP contribution in [0.5, 0.6) is 0 Å². The molecule has 3 nitrogen and oxygen atoms in total. The van der Waals surface area contributed by atoms with Crippen LogP contribution in [0.3, 0.4) is 0 Å². The predicted octanol–water partition coefficient (Wildman–Crippen LogP) is 4.07. The minimum Gasteiger partial charge on any atom is -0.398 e. The Balaban J connectivity index is 1.96. The molecule has 2 rings (SSSR count). The molecule has 2 fully saturated rings. The molecule has 1 heterocycles. The fourth-order valence-electron chi connectivity index (χ4n) is 2.95. The molecule has 0 radical (unpaired) electrons. The van der Waals surface area contributed by atoms with Gasteiger partial charge in [-0.05, 0) is 71.3 Å². The number of ether oxygens (including phenoxy) is 1. The summed E-state index contributed by atoms with van der Waals surface area (Å²) in [6.07, 6.45) is 4.76. The summed E-state index contributed by atoms with van der Waals surface area (Å²) in [6, 6.07) is 0. The van der Waals surface area contributed by atoms with Crippen LogP contribution >= 0.6 is 0 Å². The molecule has 2 aliphatic rings. The van der Waals surface area contributed by atoms with Gasteiger partial charge in [-0.15, -0.1) is 0 Å². The maximum atomic E-state index is 14.7. The minimum atomic E-state index is -0.833. The molecule has 1 aliphatic carbocycles. The van der Waals surface area contributed by atoms with Crippen molar-refractivity contribution in [2.24, 2.45) is 5.92 Å². The van der Waals surface area contributed by atoms with Gasteiger partial charge >= 0.3 is 7.12 Å². The fourth-order valence-corrected chi connectivity index (χ4v) is 2.95. The second kappa shape index (κ2) is 6.39. The van der Waals surface area contributed by atoms with Gasteiger partial charge in [0.05, 0.1) is 11.2 Å². The van der Waals surface area contributed by atoms with E-state index in [2.05, 4.69) is 0 Å². The summed E-state index contributed by atoms with van der Waals surface area (Å²) in [6.45, 7) is 8.60. The van der Waals surface area contributed by atoms with Gasteiger partial charge in [-0.25, -0.2) is 4.39 Å². The highest BCUT2D eigenvalue weighted by molar-refractivity contribution is 6.53.